The van der Waals surface area contributed by atoms with Gasteiger partial charge in [-0.3, -0.25) is 0 Å². The summed E-state index contributed by atoms with van der Waals surface area (Å²) in [7, 11) is 0. The lowest BCUT2D eigenvalue weighted by Crippen LogP contribution is -2.32. The van der Waals surface area contributed by atoms with Gasteiger partial charge >= 0.3 is 0 Å². The van der Waals surface area contributed by atoms with Crippen molar-refractivity contribution in [2.45, 2.75) is 35.9 Å². The van der Waals surface area contributed by atoms with Gasteiger partial charge in [0, 0.05) is 9.72 Å². The van der Waals surface area contributed by atoms with Gasteiger partial charge in [-0.1, -0.05) is 48.8 Å². The number of hydrogen-bond acceptors (Lipinski definition) is 3. The molecule has 0 nitrogen and oxygen atoms in total. The van der Waals surface area contributed by atoms with Crippen molar-refractivity contribution < 1.29 is 0 Å². The standard InChI is InChI=1S/C15H21BrS3/c1-14(2,3)13-9-10-18-15(17-4,19-13)11-5-7-12(16)8-6-11/h5-8,13H,9-10H2,1-4H3/t13?,15-/m0/s1. The molecule has 0 radical (unpaired) electrons. The Hall–Kier alpha value is 0.750. The fraction of sp³-hybridized carbons (Fsp3) is 0.600. The molecule has 4 heteroatoms. The molecular weight excluding hydrogens is 356 g/mol. The summed E-state index contributed by atoms with van der Waals surface area (Å²) in [5, 5.41) is 0.727. The third-order valence-corrected chi connectivity index (χ3v) is 9.82. The molecule has 19 heavy (non-hydrogen) atoms. The maximum atomic E-state index is 3.53. The van der Waals surface area contributed by atoms with E-state index in [1.807, 2.05) is 11.8 Å². The smallest absolute Gasteiger partial charge is 0.132 e. The lowest BCUT2D eigenvalue weighted by Gasteiger charge is -2.43. The van der Waals surface area contributed by atoms with Crippen LogP contribution in [0.4, 0.5) is 0 Å². The Morgan fingerprint density at radius 1 is 1.26 bits per heavy atom. The molecular formula is C15H21BrS3. The van der Waals surface area contributed by atoms with Gasteiger partial charge in [0.2, 0.25) is 0 Å². The molecule has 0 spiro atoms. The summed E-state index contributed by atoms with van der Waals surface area (Å²) in [5.41, 5.74) is 1.81. The zero-order valence-electron chi connectivity index (χ0n) is 11.9. The fourth-order valence-corrected chi connectivity index (χ4v) is 7.49. The van der Waals surface area contributed by atoms with E-state index < -0.39 is 0 Å². The van der Waals surface area contributed by atoms with Gasteiger partial charge in [-0.15, -0.1) is 35.3 Å². The molecule has 1 fully saturated rings. The molecule has 106 valence electrons. The zero-order valence-corrected chi connectivity index (χ0v) is 15.9. The molecule has 1 aromatic carbocycles. The number of halogens is 1. The van der Waals surface area contributed by atoms with E-state index in [1.165, 1.54) is 17.7 Å². The highest BCUT2D eigenvalue weighted by Crippen LogP contribution is 2.61. The number of thioether (sulfide) groups is 3. The minimum absolute atomic E-state index is 0.164. The summed E-state index contributed by atoms with van der Waals surface area (Å²) >= 11 is 9.77. The van der Waals surface area contributed by atoms with E-state index in [0.717, 1.165) is 9.72 Å². The third kappa shape index (κ3) is 3.69. The summed E-state index contributed by atoms with van der Waals surface area (Å²) in [6.45, 7) is 7.11. The highest BCUT2D eigenvalue weighted by atomic mass is 79.9. The monoisotopic (exact) mass is 376 g/mol. The van der Waals surface area contributed by atoms with Crippen molar-refractivity contribution >= 4 is 51.2 Å². The molecule has 2 atom stereocenters. The second-order valence-electron chi connectivity index (χ2n) is 5.88. The van der Waals surface area contributed by atoms with Crippen molar-refractivity contribution in [1.29, 1.82) is 0 Å². The molecule has 0 saturated carbocycles. The van der Waals surface area contributed by atoms with Gasteiger partial charge in [-0.2, -0.15) is 0 Å². The Morgan fingerprint density at radius 3 is 2.42 bits per heavy atom. The molecule has 1 saturated heterocycles. The van der Waals surface area contributed by atoms with E-state index in [-0.39, 0.29) is 3.41 Å². The fourth-order valence-electron chi connectivity index (χ4n) is 2.22. The van der Waals surface area contributed by atoms with Crippen molar-refractivity contribution in [2.24, 2.45) is 5.41 Å². The van der Waals surface area contributed by atoms with Crippen molar-refractivity contribution in [3.05, 3.63) is 34.3 Å². The van der Waals surface area contributed by atoms with Crippen LogP contribution in [0.15, 0.2) is 28.7 Å². The Kier molecular flexibility index (Phi) is 5.30. The van der Waals surface area contributed by atoms with Crippen molar-refractivity contribution in [2.75, 3.05) is 12.0 Å². The molecule has 0 N–H and O–H groups in total. The Balaban J connectivity index is 2.29. The molecule has 1 aromatic rings. The van der Waals surface area contributed by atoms with Crippen LogP contribution in [-0.4, -0.2) is 17.3 Å². The minimum Gasteiger partial charge on any atom is -0.132 e. The maximum absolute atomic E-state index is 3.53. The minimum atomic E-state index is 0.164. The molecule has 1 aliphatic rings. The molecule has 0 bridgehead atoms. The van der Waals surface area contributed by atoms with Crippen LogP contribution >= 0.6 is 51.2 Å². The molecule has 1 aliphatic heterocycles. The van der Waals surface area contributed by atoms with Crippen LogP contribution in [0, 0.1) is 5.41 Å². The van der Waals surface area contributed by atoms with E-state index in [9.17, 15) is 0 Å². The first-order valence-electron chi connectivity index (χ1n) is 6.50. The second-order valence-corrected chi connectivity index (χ2v) is 11.3. The summed E-state index contributed by atoms with van der Waals surface area (Å²) in [5.74, 6) is 1.26. The van der Waals surface area contributed by atoms with E-state index in [1.54, 1.807) is 0 Å². The summed E-state index contributed by atoms with van der Waals surface area (Å²) in [6.07, 6.45) is 3.56. The first-order chi connectivity index (χ1) is 8.87. The number of hydrogen-bond donors (Lipinski definition) is 0. The maximum Gasteiger partial charge on any atom is 0.132 e. The largest absolute Gasteiger partial charge is 0.132 e. The quantitative estimate of drug-likeness (QED) is 0.602. The van der Waals surface area contributed by atoms with E-state index in [2.05, 4.69) is 90.7 Å². The zero-order chi connectivity index (χ0) is 14.1. The molecule has 1 heterocycles. The normalized spacial score (nSPS) is 28.4. The summed E-state index contributed by atoms with van der Waals surface area (Å²) in [4.78, 5) is 0. The highest BCUT2D eigenvalue weighted by molar-refractivity contribution is 9.10. The lowest BCUT2D eigenvalue weighted by atomic mass is 9.90. The summed E-state index contributed by atoms with van der Waals surface area (Å²) in [6, 6.07) is 8.86. The van der Waals surface area contributed by atoms with Gasteiger partial charge in [0.15, 0.2) is 0 Å². The lowest BCUT2D eigenvalue weighted by molar-refractivity contribution is 0.387. The topological polar surface area (TPSA) is 0 Å². The predicted octanol–water partition coefficient (Wildman–Crippen LogP) is 6.21. The molecule has 0 aliphatic carbocycles. The molecule has 0 amide bonds. The van der Waals surface area contributed by atoms with Crippen molar-refractivity contribution in [3.63, 3.8) is 0 Å². The van der Waals surface area contributed by atoms with Crippen LogP contribution in [0.5, 0.6) is 0 Å². The van der Waals surface area contributed by atoms with Crippen molar-refractivity contribution in [1.82, 2.24) is 0 Å². The first kappa shape index (κ1) is 16.1. The average Bonchev–Trinajstić information content (AvgIpc) is 2.38. The van der Waals surface area contributed by atoms with Crippen LogP contribution in [0.3, 0.4) is 0 Å². The second kappa shape index (κ2) is 6.25. The van der Waals surface area contributed by atoms with Gasteiger partial charge in [0.1, 0.15) is 3.41 Å². The Labute approximate surface area is 138 Å². The highest BCUT2D eigenvalue weighted by Gasteiger charge is 2.42. The van der Waals surface area contributed by atoms with Gasteiger partial charge in [0.25, 0.3) is 0 Å². The van der Waals surface area contributed by atoms with Crippen LogP contribution in [0.2, 0.25) is 0 Å². The van der Waals surface area contributed by atoms with Crippen LogP contribution < -0.4 is 0 Å². The number of benzene rings is 1. The summed E-state index contributed by atoms with van der Waals surface area (Å²) < 4.78 is 1.32. The number of rotatable bonds is 2. The predicted molar refractivity (Wildman–Crippen MR) is 97.2 cm³/mol. The van der Waals surface area contributed by atoms with Crippen LogP contribution in [-0.2, 0) is 3.41 Å². The first-order valence-corrected chi connectivity index (χ1v) is 10.4. The van der Waals surface area contributed by atoms with Gasteiger partial charge in [0.05, 0.1) is 0 Å². The SMILES string of the molecule is CS[C@@]1(c2ccc(Br)cc2)SCCC(C(C)(C)C)S1. The molecule has 2 rings (SSSR count). The van der Waals surface area contributed by atoms with E-state index in [0.29, 0.717) is 5.41 Å². The van der Waals surface area contributed by atoms with Gasteiger partial charge < -0.3 is 0 Å². The Morgan fingerprint density at radius 2 is 1.89 bits per heavy atom. The molecule has 1 unspecified atom stereocenters. The van der Waals surface area contributed by atoms with E-state index in [4.69, 9.17) is 0 Å². The average molecular weight is 377 g/mol. The third-order valence-electron chi connectivity index (χ3n) is 3.40. The Bertz CT molecular complexity index is 424. The van der Waals surface area contributed by atoms with Crippen LogP contribution in [0.1, 0.15) is 32.8 Å². The van der Waals surface area contributed by atoms with Crippen molar-refractivity contribution in [3.8, 4) is 0 Å². The van der Waals surface area contributed by atoms with Crippen LogP contribution in [0.25, 0.3) is 0 Å². The van der Waals surface area contributed by atoms with E-state index >= 15 is 0 Å². The molecule has 0 aromatic heterocycles. The van der Waals surface area contributed by atoms with Gasteiger partial charge in [-0.05, 0) is 41.5 Å². The van der Waals surface area contributed by atoms with Gasteiger partial charge in [-0.25, -0.2) is 0 Å².